The summed E-state index contributed by atoms with van der Waals surface area (Å²) < 4.78 is 38.9. The fourth-order valence-corrected chi connectivity index (χ4v) is 2.58. The van der Waals surface area contributed by atoms with E-state index in [1.54, 1.807) is 0 Å². The third kappa shape index (κ3) is 3.53. The Balaban J connectivity index is 2.24. The Morgan fingerprint density at radius 2 is 2.24 bits per heavy atom. The number of halogens is 3. The van der Waals surface area contributed by atoms with Crippen molar-refractivity contribution >= 4 is 5.91 Å². The molecule has 0 saturated carbocycles. The first-order valence-electron chi connectivity index (χ1n) is 6.87. The Labute approximate surface area is 121 Å². The van der Waals surface area contributed by atoms with Crippen molar-refractivity contribution < 1.29 is 18.0 Å². The van der Waals surface area contributed by atoms with E-state index in [0.29, 0.717) is 13.1 Å². The molecular formula is C14H18F3N3O. The summed E-state index contributed by atoms with van der Waals surface area (Å²) in [5.41, 5.74) is 4.31. The van der Waals surface area contributed by atoms with E-state index in [9.17, 15) is 18.0 Å². The van der Waals surface area contributed by atoms with Crippen molar-refractivity contribution in [3.8, 4) is 0 Å². The zero-order valence-electron chi connectivity index (χ0n) is 11.7. The fourth-order valence-electron chi connectivity index (χ4n) is 2.58. The van der Waals surface area contributed by atoms with Crippen molar-refractivity contribution in [2.75, 3.05) is 13.1 Å². The van der Waals surface area contributed by atoms with Crippen molar-refractivity contribution in [2.45, 2.75) is 32.0 Å². The molecule has 1 aliphatic rings. The van der Waals surface area contributed by atoms with Crippen LogP contribution in [0.3, 0.4) is 0 Å². The molecule has 2 atom stereocenters. The van der Waals surface area contributed by atoms with Crippen LogP contribution in [0.25, 0.3) is 0 Å². The lowest BCUT2D eigenvalue weighted by Crippen LogP contribution is -2.45. The highest BCUT2D eigenvalue weighted by Gasteiger charge is 2.38. The second-order valence-electron chi connectivity index (χ2n) is 5.41. The molecular weight excluding hydrogens is 283 g/mol. The lowest BCUT2D eigenvalue weighted by atomic mass is 9.92. The maximum atomic E-state index is 13.0. The zero-order valence-corrected chi connectivity index (χ0v) is 11.7. The fraction of sp³-hybridized carbons (Fsp3) is 0.571. The number of carbonyl (C=O) groups excluding carboxylic acids is 1. The largest absolute Gasteiger partial charge is 0.418 e. The number of hydrogen-bond acceptors (Lipinski definition) is 3. The Morgan fingerprint density at radius 3 is 2.86 bits per heavy atom. The first-order chi connectivity index (χ1) is 9.80. The summed E-state index contributed by atoms with van der Waals surface area (Å²) in [7, 11) is 0. The SMILES string of the molecule is CC(N)C1CCCN(C(=O)c2ncccc2C(F)(F)F)C1. The van der Waals surface area contributed by atoms with Crippen molar-refractivity contribution in [3.05, 3.63) is 29.6 Å². The predicted molar refractivity (Wildman–Crippen MR) is 71.5 cm³/mol. The van der Waals surface area contributed by atoms with Gasteiger partial charge in [-0.3, -0.25) is 9.78 Å². The van der Waals surface area contributed by atoms with Gasteiger partial charge >= 0.3 is 6.18 Å². The Kier molecular flexibility index (Phi) is 4.51. The van der Waals surface area contributed by atoms with Gasteiger partial charge in [0, 0.05) is 25.3 Å². The molecule has 1 fully saturated rings. The third-order valence-electron chi connectivity index (χ3n) is 3.80. The molecule has 21 heavy (non-hydrogen) atoms. The topological polar surface area (TPSA) is 59.2 Å². The van der Waals surface area contributed by atoms with Crippen LogP contribution in [-0.4, -0.2) is 34.9 Å². The van der Waals surface area contributed by atoms with Crippen LogP contribution in [0, 0.1) is 5.92 Å². The molecule has 1 aromatic heterocycles. The zero-order chi connectivity index (χ0) is 15.6. The highest BCUT2D eigenvalue weighted by atomic mass is 19.4. The number of carbonyl (C=O) groups is 1. The van der Waals surface area contributed by atoms with E-state index in [0.717, 1.165) is 18.9 Å². The summed E-state index contributed by atoms with van der Waals surface area (Å²) >= 11 is 0. The van der Waals surface area contributed by atoms with E-state index in [-0.39, 0.29) is 12.0 Å². The van der Waals surface area contributed by atoms with Crippen LogP contribution in [0.5, 0.6) is 0 Å². The van der Waals surface area contributed by atoms with E-state index < -0.39 is 23.3 Å². The van der Waals surface area contributed by atoms with E-state index in [1.807, 2.05) is 6.92 Å². The molecule has 1 aliphatic heterocycles. The molecule has 1 aromatic rings. The van der Waals surface area contributed by atoms with Gasteiger partial charge in [0.15, 0.2) is 0 Å². The second-order valence-corrected chi connectivity index (χ2v) is 5.41. The molecule has 0 spiro atoms. The average Bonchev–Trinajstić information content (AvgIpc) is 2.45. The molecule has 1 saturated heterocycles. The summed E-state index contributed by atoms with van der Waals surface area (Å²) in [6.07, 6.45) is -1.76. The number of aromatic nitrogens is 1. The summed E-state index contributed by atoms with van der Waals surface area (Å²) in [6.45, 7) is 2.67. The number of nitrogens with two attached hydrogens (primary N) is 1. The highest BCUT2D eigenvalue weighted by molar-refractivity contribution is 5.94. The lowest BCUT2D eigenvalue weighted by molar-refractivity contribution is -0.138. The maximum Gasteiger partial charge on any atom is 0.418 e. The van der Waals surface area contributed by atoms with Gasteiger partial charge in [-0.25, -0.2) is 0 Å². The van der Waals surface area contributed by atoms with Crippen molar-refractivity contribution in [2.24, 2.45) is 11.7 Å². The van der Waals surface area contributed by atoms with E-state index in [2.05, 4.69) is 4.98 Å². The molecule has 2 N–H and O–H groups in total. The summed E-state index contributed by atoms with van der Waals surface area (Å²) in [5, 5.41) is 0. The Morgan fingerprint density at radius 1 is 1.52 bits per heavy atom. The van der Waals surface area contributed by atoms with Gasteiger partial charge in [-0.1, -0.05) is 0 Å². The Bertz CT molecular complexity index is 516. The summed E-state index contributed by atoms with van der Waals surface area (Å²) in [4.78, 5) is 17.4. The molecule has 0 aliphatic carbocycles. The molecule has 1 amide bonds. The molecule has 0 radical (unpaired) electrons. The maximum absolute atomic E-state index is 13.0. The van der Waals surface area contributed by atoms with E-state index >= 15 is 0 Å². The van der Waals surface area contributed by atoms with Crippen LogP contribution in [0.1, 0.15) is 35.8 Å². The van der Waals surface area contributed by atoms with Gasteiger partial charge < -0.3 is 10.6 Å². The van der Waals surface area contributed by atoms with Crippen LogP contribution < -0.4 is 5.73 Å². The minimum absolute atomic E-state index is 0.0913. The van der Waals surface area contributed by atoms with Gasteiger partial charge in [0.2, 0.25) is 0 Å². The first-order valence-corrected chi connectivity index (χ1v) is 6.87. The van der Waals surface area contributed by atoms with Crippen LogP contribution in [0.4, 0.5) is 13.2 Å². The monoisotopic (exact) mass is 301 g/mol. The number of piperidine rings is 1. The molecule has 4 nitrogen and oxygen atoms in total. The van der Waals surface area contributed by atoms with Crippen molar-refractivity contribution in [1.29, 1.82) is 0 Å². The van der Waals surface area contributed by atoms with Crippen LogP contribution in [-0.2, 0) is 6.18 Å². The predicted octanol–water partition coefficient (Wildman–Crippen LogP) is 2.30. The number of likely N-dealkylation sites (tertiary alicyclic amines) is 1. The van der Waals surface area contributed by atoms with Crippen molar-refractivity contribution in [1.82, 2.24) is 9.88 Å². The summed E-state index contributed by atoms with van der Waals surface area (Å²) in [6, 6.07) is 1.97. The van der Waals surface area contributed by atoms with Crippen molar-refractivity contribution in [3.63, 3.8) is 0 Å². The number of nitrogens with zero attached hydrogens (tertiary/aromatic N) is 2. The number of amides is 1. The van der Waals surface area contributed by atoms with Gasteiger partial charge in [0.25, 0.3) is 5.91 Å². The van der Waals surface area contributed by atoms with Gasteiger partial charge in [0.1, 0.15) is 5.69 Å². The number of pyridine rings is 1. The molecule has 2 unspecified atom stereocenters. The van der Waals surface area contributed by atoms with Gasteiger partial charge in [-0.15, -0.1) is 0 Å². The molecule has 0 aromatic carbocycles. The van der Waals surface area contributed by atoms with Gasteiger partial charge in [-0.05, 0) is 37.8 Å². The molecule has 116 valence electrons. The van der Waals surface area contributed by atoms with E-state index in [4.69, 9.17) is 5.73 Å². The third-order valence-corrected chi connectivity index (χ3v) is 3.80. The van der Waals surface area contributed by atoms with Crippen LogP contribution >= 0.6 is 0 Å². The Hall–Kier alpha value is -1.63. The van der Waals surface area contributed by atoms with Crippen LogP contribution in [0.2, 0.25) is 0 Å². The molecule has 2 rings (SSSR count). The minimum Gasteiger partial charge on any atom is -0.337 e. The lowest BCUT2D eigenvalue weighted by Gasteiger charge is -2.34. The molecule has 0 bridgehead atoms. The number of hydrogen-bond donors (Lipinski definition) is 1. The van der Waals surface area contributed by atoms with Gasteiger partial charge in [-0.2, -0.15) is 13.2 Å². The first kappa shape index (κ1) is 15.8. The average molecular weight is 301 g/mol. The van der Waals surface area contributed by atoms with Crippen LogP contribution in [0.15, 0.2) is 18.3 Å². The normalized spacial score (nSPS) is 21.2. The molecule has 7 heteroatoms. The molecule has 2 heterocycles. The second kappa shape index (κ2) is 6.01. The number of rotatable bonds is 2. The minimum atomic E-state index is -4.59. The summed E-state index contributed by atoms with van der Waals surface area (Å²) in [5.74, 6) is -0.561. The van der Waals surface area contributed by atoms with E-state index in [1.165, 1.54) is 17.2 Å². The number of alkyl halides is 3. The quantitative estimate of drug-likeness (QED) is 0.912. The van der Waals surface area contributed by atoms with Gasteiger partial charge in [0.05, 0.1) is 5.56 Å². The standard InChI is InChI=1S/C14H18F3N3O/c1-9(18)10-4-3-7-20(8-10)13(21)12-11(14(15,16)17)5-2-6-19-12/h2,5-6,9-10H,3-4,7-8,18H2,1H3. The highest BCUT2D eigenvalue weighted by Crippen LogP contribution is 2.32. The smallest absolute Gasteiger partial charge is 0.337 e.